The first-order valence-corrected chi connectivity index (χ1v) is 3.00. The van der Waals surface area contributed by atoms with Gasteiger partial charge in [-0.3, -0.25) is 4.79 Å². The number of aldehydes is 1. The Balaban J connectivity index is 4.04. The fourth-order valence-corrected chi connectivity index (χ4v) is 0.287. The molecular weight excluding hydrogens is 130 g/mol. The maximum absolute atomic E-state index is 10.1. The lowest BCUT2D eigenvalue weighted by atomic mass is 10.3. The highest BCUT2D eigenvalue weighted by molar-refractivity contribution is 5.72. The van der Waals surface area contributed by atoms with Crippen LogP contribution in [0, 0.1) is 0 Å². The lowest BCUT2D eigenvalue weighted by Crippen LogP contribution is -1.86. The van der Waals surface area contributed by atoms with Crippen molar-refractivity contribution < 1.29 is 9.63 Å². The average Bonchev–Trinajstić information content (AvgIpc) is 1.98. The monoisotopic (exact) mass is 141 g/mol. The van der Waals surface area contributed by atoms with Crippen LogP contribution in [0.5, 0.6) is 0 Å². The molecule has 0 aliphatic rings. The molecule has 0 aliphatic carbocycles. The molecule has 0 unspecified atom stereocenters. The quantitative estimate of drug-likeness (QED) is 0.196. The third-order valence-corrected chi connectivity index (χ3v) is 1.03. The molecule has 56 valence electrons. The second-order valence-electron chi connectivity index (χ2n) is 1.81. The van der Waals surface area contributed by atoms with Gasteiger partial charge >= 0.3 is 0 Å². The zero-order chi connectivity index (χ0) is 7.98. The van der Waals surface area contributed by atoms with E-state index in [0.717, 1.165) is 6.29 Å². The molecule has 0 aromatic carbocycles. The molecule has 0 N–H and O–H groups in total. The molecule has 3 nitrogen and oxygen atoms in total. The van der Waals surface area contributed by atoms with E-state index in [0.29, 0.717) is 11.3 Å². The van der Waals surface area contributed by atoms with Gasteiger partial charge < -0.3 is 4.84 Å². The second-order valence-corrected chi connectivity index (χ2v) is 1.81. The lowest BCUT2D eigenvalue weighted by molar-refractivity contribution is -0.105. The average molecular weight is 141 g/mol. The number of nitrogens with zero attached hydrogens (tertiary/aromatic N) is 1. The van der Waals surface area contributed by atoms with Crippen LogP contribution in [0.3, 0.4) is 0 Å². The van der Waals surface area contributed by atoms with Crippen LogP contribution < -0.4 is 0 Å². The number of hydrogen-bond acceptors (Lipinski definition) is 3. The van der Waals surface area contributed by atoms with Crippen LogP contribution in [-0.4, -0.2) is 12.5 Å². The van der Waals surface area contributed by atoms with Gasteiger partial charge in [0.05, 0.1) is 0 Å². The number of carbonyl (C=O) groups excluding carboxylic acids is 1. The minimum Gasteiger partial charge on any atom is -0.362 e. The van der Waals surface area contributed by atoms with Crippen molar-refractivity contribution in [3.05, 3.63) is 11.3 Å². The topological polar surface area (TPSA) is 38.7 Å². The van der Waals surface area contributed by atoms with Crippen LogP contribution >= 0.6 is 0 Å². The van der Waals surface area contributed by atoms with Crippen LogP contribution in [-0.2, 0) is 9.63 Å². The summed E-state index contributed by atoms with van der Waals surface area (Å²) in [6.45, 7) is 5.10. The number of hydrogen-bond donors (Lipinski definition) is 0. The summed E-state index contributed by atoms with van der Waals surface area (Å²) in [4.78, 5) is 14.9. The summed E-state index contributed by atoms with van der Waals surface area (Å²) in [6.07, 6.45) is 2.25. The fourth-order valence-electron chi connectivity index (χ4n) is 0.287. The first kappa shape index (κ1) is 8.88. The number of allylic oxidation sites excluding steroid dienone is 2. The molecule has 10 heavy (non-hydrogen) atoms. The smallest absolute Gasteiger partial charge is 0.149 e. The third-order valence-electron chi connectivity index (χ3n) is 1.03. The van der Waals surface area contributed by atoms with Gasteiger partial charge in [-0.1, -0.05) is 5.16 Å². The molecule has 0 rings (SSSR count). The third kappa shape index (κ3) is 3.02. The SMILES string of the molecule is C/C=N/O/C(C)=C(\C)C=O. The highest BCUT2D eigenvalue weighted by Crippen LogP contribution is 2.01. The summed E-state index contributed by atoms with van der Waals surface area (Å²) in [5.41, 5.74) is 0.561. The van der Waals surface area contributed by atoms with Gasteiger partial charge in [0.2, 0.25) is 0 Å². The van der Waals surface area contributed by atoms with Crippen LogP contribution in [0.2, 0.25) is 0 Å². The fraction of sp³-hybridized carbons (Fsp3) is 0.429. The predicted molar refractivity (Wildman–Crippen MR) is 39.7 cm³/mol. The molecule has 0 spiro atoms. The Morgan fingerprint density at radius 3 is 2.50 bits per heavy atom. The Morgan fingerprint density at radius 1 is 1.50 bits per heavy atom. The van der Waals surface area contributed by atoms with Crippen molar-refractivity contribution in [3.8, 4) is 0 Å². The number of carbonyl (C=O) groups is 1. The Morgan fingerprint density at radius 2 is 2.10 bits per heavy atom. The van der Waals surface area contributed by atoms with Crippen molar-refractivity contribution >= 4 is 12.5 Å². The van der Waals surface area contributed by atoms with Gasteiger partial charge in [-0.2, -0.15) is 0 Å². The molecule has 0 saturated heterocycles. The van der Waals surface area contributed by atoms with E-state index < -0.39 is 0 Å². The predicted octanol–water partition coefficient (Wildman–Crippen LogP) is 1.50. The van der Waals surface area contributed by atoms with E-state index in [9.17, 15) is 4.79 Å². The van der Waals surface area contributed by atoms with E-state index in [1.807, 2.05) is 0 Å². The molecule has 3 heteroatoms. The Kier molecular flexibility index (Phi) is 4.20. The Hall–Kier alpha value is -1.12. The van der Waals surface area contributed by atoms with Crippen molar-refractivity contribution in [3.63, 3.8) is 0 Å². The summed E-state index contributed by atoms with van der Waals surface area (Å²) in [7, 11) is 0. The molecule has 0 fully saturated rings. The zero-order valence-electron chi connectivity index (χ0n) is 6.42. The van der Waals surface area contributed by atoms with E-state index in [1.54, 1.807) is 20.8 Å². The Bertz CT molecular complexity index is 170. The van der Waals surface area contributed by atoms with E-state index >= 15 is 0 Å². The molecule has 0 amide bonds. The Labute approximate surface area is 60.4 Å². The van der Waals surface area contributed by atoms with Crippen molar-refractivity contribution in [2.45, 2.75) is 20.8 Å². The van der Waals surface area contributed by atoms with Crippen molar-refractivity contribution in [2.24, 2.45) is 5.16 Å². The summed E-state index contributed by atoms with van der Waals surface area (Å²) in [5.74, 6) is 0.535. The molecule has 0 aromatic rings. The van der Waals surface area contributed by atoms with Crippen LogP contribution in [0.15, 0.2) is 16.5 Å². The highest BCUT2D eigenvalue weighted by atomic mass is 16.6. The molecule has 0 saturated carbocycles. The maximum Gasteiger partial charge on any atom is 0.149 e. The van der Waals surface area contributed by atoms with Gasteiger partial charge in [0.1, 0.15) is 12.0 Å². The van der Waals surface area contributed by atoms with Crippen LogP contribution in [0.25, 0.3) is 0 Å². The minimum atomic E-state index is 0.535. The first-order valence-electron chi connectivity index (χ1n) is 3.00. The summed E-state index contributed by atoms with van der Waals surface area (Å²) < 4.78 is 0. The first-order chi connectivity index (χ1) is 4.72. The molecule has 0 bridgehead atoms. The highest BCUT2D eigenvalue weighted by Gasteiger charge is 1.93. The van der Waals surface area contributed by atoms with E-state index in [-0.39, 0.29) is 0 Å². The lowest BCUT2D eigenvalue weighted by Gasteiger charge is -1.96. The zero-order valence-corrected chi connectivity index (χ0v) is 6.42. The number of rotatable bonds is 3. The summed E-state index contributed by atoms with van der Waals surface area (Å²) in [6, 6.07) is 0. The minimum absolute atomic E-state index is 0.535. The number of oxime groups is 1. The maximum atomic E-state index is 10.1. The molecule has 0 aliphatic heterocycles. The molecule has 0 radical (unpaired) electrons. The van der Waals surface area contributed by atoms with Gasteiger partial charge in [-0.15, -0.1) is 0 Å². The standard InChI is InChI=1S/C7H11NO2/c1-4-8-10-7(3)6(2)5-9/h4-5H,1-3H3/b7-6+,8-4+. The van der Waals surface area contributed by atoms with Crippen molar-refractivity contribution in [2.75, 3.05) is 0 Å². The molecule has 0 heterocycles. The van der Waals surface area contributed by atoms with Crippen LogP contribution in [0.4, 0.5) is 0 Å². The van der Waals surface area contributed by atoms with Gasteiger partial charge in [-0.25, -0.2) is 0 Å². The molecular formula is C7H11NO2. The molecule has 0 atom stereocenters. The summed E-state index contributed by atoms with van der Waals surface area (Å²) in [5, 5.41) is 3.50. The molecule has 0 aromatic heterocycles. The van der Waals surface area contributed by atoms with Gasteiger partial charge in [0.15, 0.2) is 0 Å². The normalized spacial score (nSPS) is 13.1. The van der Waals surface area contributed by atoms with Crippen molar-refractivity contribution in [1.29, 1.82) is 0 Å². The van der Waals surface area contributed by atoms with Gasteiger partial charge in [-0.05, 0) is 20.8 Å². The summed E-state index contributed by atoms with van der Waals surface area (Å²) >= 11 is 0. The van der Waals surface area contributed by atoms with E-state index in [4.69, 9.17) is 4.84 Å². The van der Waals surface area contributed by atoms with Gasteiger partial charge in [0, 0.05) is 11.8 Å². The van der Waals surface area contributed by atoms with Crippen LogP contribution in [0.1, 0.15) is 20.8 Å². The van der Waals surface area contributed by atoms with E-state index in [1.165, 1.54) is 6.21 Å². The van der Waals surface area contributed by atoms with Crippen molar-refractivity contribution in [1.82, 2.24) is 0 Å². The van der Waals surface area contributed by atoms with E-state index in [2.05, 4.69) is 5.16 Å². The second kappa shape index (κ2) is 4.73. The van der Waals surface area contributed by atoms with Gasteiger partial charge in [0.25, 0.3) is 0 Å². The largest absolute Gasteiger partial charge is 0.362 e.